The van der Waals surface area contributed by atoms with Crippen molar-refractivity contribution < 1.29 is 4.39 Å². The van der Waals surface area contributed by atoms with Crippen molar-refractivity contribution in [2.75, 3.05) is 0 Å². The zero-order valence-corrected chi connectivity index (χ0v) is 11.6. The van der Waals surface area contributed by atoms with Crippen LogP contribution in [0.15, 0.2) is 39.2 Å². The van der Waals surface area contributed by atoms with Gasteiger partial charge in [-0.1, -0.05) is 17.7 Å². The molecule has 0 aliphatic heterocycles. The van der Waals surface area contributed by atoms with Crippen molar-refractivity contribution in [1.82, 2.24) is 9.55 Å². The number of hydrogen-bond acceptors (Lipinski definition) is 3. The topological polar surface area (TPSA) is 54.9 Å². The Hall–Kier alpha value is -1.92. The van der Waals surface area contributed by atoms with Crippen LogP contribution < -0.4 is 11.2 Å². The number of nitrogens with one attached hydrogen (secondary N) is 1. The minimum atomic E-state index is -0.513. The summed E-state index contributed by atoms with van der Waals surface area (Å²) in [5.74, 6) is -0.464. The van der Waals surface area contributed by atoms with Gasteiger partial charge in [-0.15, -0.1) is 11.3 Å². The highest BCUT2D eigenvalue weighted by Crippen LogP contribution is 2.18. The molecule has 0 aliphatic rings. The molecule has 0 atom stereocenters. The number of hydrogen-bond donors (Lipinski definition) is 1. The Morgan fingerprint density at radius 2 is 2.10 bits per heavy atom. The number of nitrogens with zero attached hydrogens (tertiary/aromatic N) is 1. The molecule has 3 rings (SSSR count). The highest BCUT2D eigenvalue weighted by atomic mass is 35.5. The predicted molar refractivity (Wildman–Crippen MR) is 77.2 cm³/mol. The largest absolute Gasteiger partial charge is 0.329 e. The molecule has 7 heteroatoms. The van der Waals surface area contributed by atoms with Gasteiger partial charge in [0.15, 0.2) is 0 Å². The molecule has 0 spiro atoms. The minimum absolute atomic E-state index is 0.00111. The van der Waals surface area contributed by atoms with Gasteiger partial charge >= 0.3 is 5.69 Å². The maximum absolute atomic E-state index is 13.0. The second kappa shape index (κ2) is 4.88. The number of H-pyrrole nitrogens is 1. The number of aromatic amines is 1. The number of halogens is 2. The second-order valence-electron chi connectivity index (χ2n) is 4.22. The summed E-state index contributed by atoms with van der Waals surface area (Å²) >= 11 is 7.17. The monoisotopic (exact) mass is 310 g/mol. The average Bonchev–Trinajstić information content (AvgIpc) is 2.85. The molecule has 2 heterocycles. The first kappa shape index (κ1) is 13.1. The SMILES string of the molecule is O=c1[nH]c2ccsc2c(=O)n1Cc1ccc(F)cc1Cl. The van der Waals surface area contributed by atoms with E-state index in [0.717, 1.165) is 10.6 Å². The average molecular weight is 311 g/mol. The summed E-state index contributed by atoms with van der Waals surface area (Å²) < 4.78 is 14.5. The van der Waals surface area contributed by atoms with Crippen LogP contribution in [0.25, 0.3) is 10.2 Å². The van der Waals surface area contributed by atoms with Crippen LogP contribution in [0, 0.1) is 5.82 Å². The lowest BCUT2D eigenvalue weighted by Crippen LogP contribution is -2.34. The molecule has 0 unspecified atom stereocenters. The molecule has 4 nitrogen and oxygen atoms in total. The highest BCUT2D eigenvalue weighted by molar-refractivity contribution is 7.17. The van der Waals surface area contributed by atoms with E-state index in [4.69, 9.17) is 11.6 Å². The molecule has 0 saturated carbocycles. The van der Waals surface area contributed by atoms with Gasteiger partial charge in [-0.05, 0) is 29.1 Å². The van der Waals surface area contributed by atoms with Gasteiger partial charge < -0.3 is 4.98 Å². The van der Waals surface area contributed by atoms with Crippen LogP contribution in [0.1, 0.15) is 5.56 Å². The summed E-state index contributed by atoms with van der Waals surface area (Å²) in [6, 6.07) is 5.53. The number of aromatic nitrogens is 2. The van der Waals surface area contributed by atoms with Crippen molar-refractivity contribution in [3.63, 3.8) is 0 Å². The van der Waals surface area contributed by atoms with Crippen LogP contribution in [-0.2, 0) is 6.54 Å². The number of rotatable bonds is 2. The standard InChI is InChI=1S/C13H8ClFN2O2S/c14-9-5-8(15)2-1-7(9)6-17-12(18)11-10(3-4-20-11)16-13(17)19/h1-5H,6H2,(H,16,19). The summed E-state index contributed by atoms with van der Waals surface area (Å²) in [6.07, 6.45) is 0. The molecule has 1 N–H and O–H groups in total. The molecule has 0 amide bonds. The molecule has 20 heavy (non-hydrogen) atoms. The summed E-state index contributed by atoms with van der Waals surface area (Å²) in [6.45, 7) is 0.00111. The molecule has 102 valence electrons. The molecule has 0 aliphatic carbocycles. The van der Waals surface area contributed by atoms with Gasteiger partial charge in [0.1, 0.15) is 10.5 Å². The van der Waals surface area contributed by atoms with Crippen molar-refractivity contribution in [2.24, 2.45) is 0 Å². The Kier molecular flexibility index (Phi) is 3.19. The Labute approximate surface area is 121 Å². The van der Waals surface area contributed by atoms with Gasteiger partial charge in [0.05, 0.1) is 12.1 Å². The highest BCUT2D eigenvalue weighted by Gasteiger charge is 2.11. The van der Waals surface area contributed by atoms with E-state index >= 15 is 0 Å². The lowest BCUT2D eigenvalue weighted by atomic mass is 10.2. The van der Waals surface area contributed by atoms with Gasteiger partial charge in [0.2, 0.25) is 0 Å². The van der Waals surface area contributed by atoms with Crippen LogP contribution in [0.4, 0.5) is 4.39 Å². The molecular formula is C13H8ClFN2O2S. The van der Waals surface area contributed by atoms with Crippen LogP contribution in [0.2, 0.25) is 5.02 Å². The van der Waals surface area contributed by atoms with Gasteiger partial charge in [-0.2, -0.15) is 0 Å². The first-order chi connectivity index (χ1) is 9.56. The Morgan fingerprint density at radius 3 is 2.85 bits per heavy atom. The fourth-order valence-electron chi connectivity index (χ4n) is 1.93. The van der Waals surface area contributed by atoms with E-state index in [1.54, 1.807) is 11.4 Å². The second-order valence-corrected chi connectivity index (χ2v) is 5.54. The zero-order valence-electron chi connectivity index (χ0n) is 10.0. The third-order valence-corrected chi connectivity index (χ3v) is 4.19. The van der Waals surface area contributed by atoms with E-state index in [-0.39, 0.29) is 17.1 Å². The normalized spacial score (nSPS) is 11.1. The number of benzene rings is 1. The molecule has 0 saturated heterocycles. The van der Waals surface area contributed by atoms with Crippen molar-refractivity contribution in [3.05, 3.63) is 66.9 Å². The third kappa shape index (κ3) is 2.17. The van der Waals surface area contributed by atoms with Crippen molar-refractivity contribution in [2.45, 2.75) is 6.54 Å². The number of fused-ring (bicyclic) bond motifs is 1. The first-order valence-corrected chi connectivity index (χ1v) is 6.96. The fourth-order valence-corrected chi connectivity index (χ4v) is 2.96. The molecule has 3 aromatic rings. The van der Waals surface area contributed by atoms with E-state index in [1.165, 1.54) is 23.5 Å². The molecular weight excluding hydrogens is 303 g/mol. The van der Waals surface area contributed by atoms with E-state index in [1.807, 2.05) is 0 Å². The number of thiophene rings is 1. The Morgan fingerprint density at radius 1 is 1.30 bits per heavy atom. The summed E-state index contributed by atoms with van der Waals surface area (Å²) in [5, 5.41) is 1.92. The fraction of sp³-hybridized carbons (Fsp3) is 0.0769. The molecule has 0 fully saturated rings. The maximum Gasteiger partial charge on any atom is 0.329 e. The minimum Gasteiger partial charge on any atom is -0.306 e. The summed E-state index contributed by atoms with van der Waals surface area (Å²) in [7, 11) is 0. The zero-order chi connectivity index (χ0) is 14.3. The summed E-state index contributed by atoms with van der Waals surface area (Å²) in [5.41, 5.74) is 0.142. The van der Waals surface area contributed by atoms with Crippen molar-refractivity contribution >= 4 is 33.2 Å². The maximum atomic E-state index is 13.0. The Balaban J connectivity index is 2.15. The molecule has 1 aromatic carbocycles. The third-order valence-electron chi connectivity index (χ3n) is 2.93. The lowest BCUT2D eigenvalue weighted by Gasteiger charge is -2.06. The quantitative estimate of drug-likeness (QED) is 0.791. The molecule has 0 radical (unpaired) electrons. The van der Waals surface area contributed by atoms with Crippen molar-refractivity contribution in [3.8, 4) is 0 Å². The molecule has 2 aromatic heterocycles. The van der Waals surface area contributed by atoms with Crippen LogP contribution >= 0.6 is 22.9 Å². The smallest absolute Gasteiger partial charge is 0.306 e. The molecule has 0 bridgehead atoms. The van der Waals surface area contributed by atoms with E-state index in [2.05, 4.69) is 4.98 Å². The predicted octanol–water partition coefficient (Wildman–Crippen LogP) is 2.59. The van der Waals surface area contributed by atoms with E-state index in [9.17, 15) is 14.0 Å². The van der Waals surface area contributed by atoms with Gasteiger partial charge in [0.25, 0.3) is 5.56 Å². The first-order valence-electron chi connectivity index (χ1n) is 5.70. The van der Waals surface area contributed by atoms with Crippen LogP contribution in [-0.4, -0.2) is 9.55 Å². The van der Waals surface area contributed by atoms with Gasteiger partial charge in [-0.3, -0.25) is 9.36 Å². The van der Waals surface area contributed by atoms with E-state index in [0.29, 0.717) is 15.8 Å². The van der Waals surface area contributed by atoms with Gasteiger partial charge in [-0.25, -0.2) is 9.18 Å². The Bertz CT molecular complexity index is 913. The summed E-state index contributed by atoms with van der Waals surface area (Å²) in [4.78, 5) is 26.8. The lowest BCUT2D eigenvalue weighted by molar-refractivity contribution is 0.625. The van der Waals surface area contributed by atoms with E-state index < -0.39 is 11.5 Å². The van der Waals surface area contributed by atoms with Gasteiger partial charge in [0, 0.05) is 5.02 Å². The van der Waals surface area contributed by atoms with Crippen LogP contribution in [0.3, 0.4) is 0 Å². The van der Waals surface area contributed by atoms with Crippen LogP contribution in [0.5, 0.6) is 0 Å². The van der Waals surface area contributed by atoms with Crippen molar-refractivity contribution in [1.29, 1.82) is 0 Å².